The van der Waals surface area contributed by atoms with E-state index in [-0.39, 0.29) is 5.91 Å². The molecule has 5 heteroatoms. The van der Waals surface area contributed by atoms with Crippen molar-refractivity contribution in [1.29, 1.82) is 0 Å². The fraction of sp³-hybridized carbons (Fsp3) is 0.350. The van der Waals surface area contributed by atoms with Gasteiger partial charge in [0.1, 0.15) is 0 Å². The minimum absolute atomic E-state index is 0.0359. The van der Waals surface area contributed by atoms with Crippen LogP contribution in [0.15, 0.2) is 36.4 Å². The third-order valence-electron chi connectivity index (χ3n) is 4.00. The van der Waals surface area contributed by atoms with Gasteiger partial charge in [-0.2, -0.15) is 0 Å². The number of anilines is 1. The third kappa shape index (κ3) is 5.22. The molecule has 1 amide bonds. The summed E-state index contributed by atoms with van der Waals surface area (Å²) in [5.74, 6) is 1.37. The average molecular weight is 342 g/mol. The number of rotatable bonds is 7. The zero-order chi connectivity index (χ0) is 18.4. The largest absolute Gasteiger partial charge is 0.493 e. The lowest BCUT2D eigenvalue weighted by atomic mass is 10.1. The Balaban J connectivity index is 2.00. The normalized spacial score (nSPS) is 10.6. The van der Waals surface area contributed by atoms with Gasteiger partial charge >= 0.3 is 0 Å². The van der Waals surface area contributed by atoms with Crippen LogP contribution < -0.4 is 14.8 Å². The zero-order valence-electron chi connectivity index (χ0n) is 15.6. The fourth-order valence-electron chi connectivity index (χ4n) is 2.71. The Hall–Kier alpha value is -2.53. The highest BCUT2D eigenvalue weighted by Crippen LogP contribution is 2.30. The summed E-state index contributed by atoms with van der Waals surface area (Å²) in [5.41, 5.74) is 4.14. The monoisotopic (exact) mass is 342 g/mol. The highest BCUT2D eigenvalue weighted by molar-refractivity contribution is 5.92. The van der Waals surface area contributed by atoms with Crippen LogP contribution in [0.25, 0.3) is 0 Å². The molecule has 0 aliphatic rings. The Bertz CT molecular complexity index is 744. The summed E-state index contributed by atoms with van der Waals surface area (Å²) in [7, 11) is 5.17. The summed E-state index contributed by atoms with van der Waals surface area (Å²) in [6.07, 6.45) is 0. The van der Waals surface area contributed by atoms with E-state index in [0.717, 1.165) is 22.4 Å². The quantitative estimate of drug-likeness (QED) is 0.838. The summed E-state index contributed by atoms with van der Waals surface area (Å²) in [6.45, 7) is 4.98. The molecule has 0 spiro atoms. The van der Waals surface area contributed by atoms with E-state index in [2.05, 4.69) is 5.32 Å². The molecular weight excluding hydrogens is 316 g/mol. The van der Waals surface area contributed by atoms with Gasteiger partial charge < -0.3 is 14.8 Å². The molecule has 25 heavy (non-hydrogen) atoms. The highest BCUT2D eigenvalue weighted by Gasteiger charge is 2.12. The third-order valence-corrected chi connectivity index (χ3v) is 4.00. The van der Waals surface area contributed by atoms with Crippen LogP contribution in [0.3, 0.4) is 0 Å². The van der Waals surface area contributed by atoms with Crippen molar-refractivity contribution in [3.63, 3.8) is 0 Å². The fourth-order valence-corrected chi connectivity index (χ4v) is 2.71. The lowest BCUT2D eigenvalue weighted by Gasteiger charge is -2.19. The summed E-state index contributed by atoms with van der Waals surface area (Å²) in [5, 5.41) is 2.93. The second-order valence-corrected chi connectivity index (χ2v) is 6.22. The van der Waals surface area contributed by atoms with Crippen LogP contribution in [0.4, 0.5) is 5.69 Å². The number of carbonyl (C=O) groups is 1. The van der Waals surface area contributed by atoms with Crippen molar-refractivity contribution < 1.29 is 14.3 Å². The van der Waals surface area contributed by atoms with Crippen molar-refractivity contribution in [2.24, 2.45) is 0 Å². The lowest BCUT2D eigenvalue weighted by molar-refractivity contribution is -0.117. The molecule has 0 fully saturated rings. The molecule has 0 aromatic heterocycles. The Labute approximate surface area is 149 Å². The molecular formula is C20H26N2O3. The molecule has 0 radical (unpaired) electrons. The number of nitrogens with one attached hydrogen (secondary N) is 1. The zero-order valence-corrected chi connectivity index (χ0v) is 15.6. The van der Waals surface area contributed by atoms with Crippen molar-refractivity contribution in [3.8, 4) is 11.5 Å². The maximum Gasteiger partial charge on any atom is 0.238 e. The predicted octanol–water partition coefficient (Wildman–Crippen LogP) is 3.39. The molecule has 2 aromatic carbocycles. The lowest BCUT2D eigenvalue weighted by Crippen LogP contribution is -2.30. The van der Waals surface area contributed by atoms with E-state index >= 15 is 0 Å². The molecule has 2 aromatic rings. The van der Waals surface area contributed by atoms with Gasteiger partial charge in [-0.15, -0.1) is 0 Å². The topological polar surface area (TPSA) is 50.8 Å². The number of carbonyl (C=O) groups excluding carboxylic acids is 1. The molecule has 0 unspecified atom stereocenters. The first-order chi connectivity index (χ1) is 11.9. The van der Waals surface area contributed by atoms with E-state index in [1.807, 2.05) is 62.2 Å². The molecule has 0 aliphatic carbocycles. The molecule has 1 N–H and O–H groups in total. The highest BCUT2D eigenvalue weighted by atomic mass is 16.5. The van der Waals surface area contributed by atoms with Gasteiger partial charge in [-0.3, -0.25) is 9.69 Å². The summed E-state index contributed by atoms with van der Waals surface area (Å²) < 4.78 is 10.7. The van der Waals surface area contributed by atoms with Gasteiger partial charge in [-0.05, 0) is 61.9 Å². The number of likely N-dealkylation sites (N-methyl/N-ethyl adjacent to an activating group) is 1. The SMILES string of the molecule is COc1cc(C)c(CN(C)CC(=O)Nc2cccc(C)c2)cc1OC. The van der Waals surface area contributed by atoms with Crippen molar-refractivity contribution in [2.45, 2.75) is 20.4 Å². The van der Waals surface area contributed by atoms with Gasteiger partial charge in [0.15, 0.2) is 11.5 Å². The average Bonchev–Trinajstić information content (AvgIpc) is 2.56. The van der Waals surface area contributed by atoms with Crippen molar-refractivity contribution >= 4 is 11.6 Å². The van der Waals surface area contributed by atoms with Gasteiger partial charge in [0.2, 0.25) is 5.91 Å². The first-order valence-corrected chi connectivity index (χ1v) is 8.19. The minimum atomic E-state index is -0.0359. The van der Waals surface area contributed by atoms with Crippen LogP contribution in [0.1, 0.15) is 16.7 Å². The number of aryl methyl sites for hydroxylation is 2. The number of nitrogens with zero attached hydrogens (tertiary/aromatic N) is 1. The smallest absolute Gasteiger partial charge is 0.238 e. The van der Waals surface area contributed by atoms with Crippen LogP contribution in [-0.4, -0.2) is 38.6 Å². The van der Waals surface area contributed by atoms with Crippen molar-refractivity contribution in [1.82, 2.24) is 4.90 Å². The summed E-state index contributed by atoms with van der Waals surface area (Å²) in [6, 6.07) is 11.7. The van der Waals surface area contributed by atoms with Gasteiger partial charge in [0, 0.05) is 12.2 Å². The van der Waals surface area contributed by atoms with Gasteiger partial charge in [-0.1, -0.05) is 12.1 Å². The van der Waals surface area contributed by atoms with Crippen LogP contribution >= 0.6 is 0 Å². The Morgan fingerprint density at radius 3 is 2.40 bits per heavy atom. The minimum Gasteiger partial charge on any atom is -0.493 e. The van der Waals surface area contributed by atoms with E-state index in [9.17, 15) is 4.79 Å². The maximum absolute atomic E-state index is 12.2. The molecule has 5 nitrogen and oxygen atoms in total. The van der Waals surface area contributed by atoms with Crippen LogP contribution in [0.5, 0.6) is 11.5 Å². The molecule has 0 bridgehead atoms. The van der Waals surface area contributed by atoms with Gasteiger partial charge in [0.05, 0.1) is 20.8 Å². The number of benzene rings is 2. The number of hydrogen-bond acceptors (Lipinski definition) is 4. The van der Waals surface area contributed by atoms with Crippen LogP contribution in [0.2, 0.25) is 0 Å². The molecule has 0 saturated heterocycles. The van der Waals surface area contributed by atoms with Crippen LogP contribution in [-0.2, 0) is 11.3 Å². The Morgan fingerprint density at radius 2 is 1.76 bits per heavy atom. The number of hydrogen-bond donors (Lipinski definition) is 1. The van der Waals surface area contributed by atoms with Crippen LogP contribution in [0, 0.1) is 13.8 Å². The maximum atomic E-state index is 12.2. The Morgan fingerprint density at radius 1 is 1.08 bits per heavy atom. The number of amides is 1. The van der Waals surface area contributed by atoms with Gasteiger partial charge in [-0.25, -0.2) is 0 Å². The predicted molar refractivity (Wildman–Crippen MR) is 100 cm³/mol. The van der Waals surface area contributed by atoms with E-state index in [0.29, 0.717) is 24.6 Å². The molecule has 0 atom stereocenters. The summed E-state index contributed by atoms with van der Waals surface area (Å²) in [4.78, 5) is 14.2. The molecule has 0 saturated carbocycles. The van der Waals surface area contributed by atoms with E-state index in [1.54, 1.807) is 14.2 Å². The number of ether oxygens (including phenoxy) is 2. The standard InChI is InChI=1S/C20H26N2O3/c1-14-7-6-8-17(9-14)21-20(23)13-22(3)12-16-11-19(25-5)18(24-4)10-15(16)2/h6-11H,12-13H2,1-5H3,(H,21,23). The van der Waals surface area contributed by atoms with Gasteiger partial charge in [0.25, 0.3) is 0 Å². The molecule has 2 rings (SSSR count). The Kier molecular flexibility index (Phi) is 6.42. The first-order valence-electron chi connectivity index (χ1n) is 8.19. The second-order valence-electron chi connectivity index (χ2n) is 6.22. The molecule has 0 aliphatic heterocycles. The van der Waals surface area contributed by atoms with E-state index in [1.165, 1.54) is 0 Å². The summed E-state index contributed by atoms with van der Waals surface area (Å²) >= 11 is 0. The molecule has 134 valence electrons. The van der Waals surface area contributed by atoms with Crippen molar-refractivity contribution in [3.05, 3.63) is 53.1 Å². The second kappa shape index (κ2) is 8.53. The first kappa shape index (κ1) is 18.8. The van der Waals surface area contributed by atoms with E-state index in [4.69, 9.17) is 9.47 Å². The number of methoxy groups -OCH3 is 2. The van der Waals surface area contributed by atoms with E-state index < -0.39 is 0 Å². The van der Waals surface area contributed by atoms with Crippen molar-refractivity contribution in [2.75, 3.05) is 33.1 Å². The molecule has 0 heterocycles.